The number of hydrogen-bond donors (Lipinski definition) is 0. The number of esters is 1. The van der Waals surface area contributed by atoms with E-state index in [0.29, 0.717) is 6.61 Å². The maximum absolute atomic E-state index is 12.1. The first-order chi connectivity index (χ1) is 9.57. The molecule has 1 aliphatic carbocycles. The van der Waals surface area contributed by atoms with E-state index in [1.54, 1.807) is 11.8 Å². The molecule has 20 heavy (non-hydrogen) atoms. The Morgan fingerprint density at radius 1 is 1.35 bits per heavy atom. The lowest BCUT2D eigenvalue weighted by Gasteiger charge is -2.20. The summed E-state index contributed by atoms with van der Waals surface area (Å²) in [5, 5.41) is 0. The van der Waals surface area contributed by atoms with Gasteiger partial charge in [-0.15, -0.1) is 0 Å². The highest BCUT2D eigenvalue weighted by Gasteiger charge is 2.75. The minimum absolute atomic E-state index is 0.202. The standard InChI is InChI=1S/C15H17NO4/c1-4-20-13(17)11-12-15(11,2)9-7-5-6-8-10(9)16(12)14(18)19-3/h5-8,11-12H,4H2,1-3H3/t11-,12-,15+/m0/s1. The molecule has 0 saturated heterocycles. The molecule has 1 aliphatic heterocycles. The Balaban J connectivity index is 2.03. The highest BCUT2D eigenvalue weighted by atomic mass is 16.5. The Labute approximate surface area is 117 Å². The smallest absolute Gasteiger partial charge is 0.414 e. The monoisotopic (exact) mass is 275 g/mol. The number of hydrogen-bond acceptors (Lipinski definition) is 4. The molecule has 1 saturated carbocycles. The van der Waals surface area contributed by atoms with Gasteiger partial charge in [-0.1, -0.05) is 25.1 Å². The third kappa shape index (κ3) is 1.43. The molecule has 0 spiro atoms. The first-order valence-electron chi connectivity index (χ1n) is 6.70. The molecule has 0 bridgehead atoms. The van der Waals surface area contributed by atoms with E-state index in [2.05, 4.69) is 0 Å². The minimum Gasteiger partial charge on any atom is -0.466 e. The molecule has 3 rings (SSSR count). The van der Waals surface area contributed by atoms with E-state index >= 15 is 0 Å². The molecule has 1 aromatic rings. The average Bonchev–Trinajstić information content (AvgIpc) is 2.98. The van der Waals surface area contributed by atoms with Crippen LogP contribution < -0.4 is 4.90 Å². The molecule has 106 valence electrons. The van der Waals surface area contributed by atoms with Crippen molar-refractivity contribution >= 4 is 17.7 Å². The zero-order valence-corrected chi connectivity index (χ0v) is 11.8. The molecule has 0 unspecified atom stereocenters. The van der Waals surface area contributed by atoms with E-state index < -0.39 is 6.09 Å². The van der Waals surface area contributed by atoms with Gasteiger partial charge in [0.05, 0.1) is 31.4 Å². The highest BCUT2D eigenvalue weighted by molar-refractivity contribution is 5.99. The van der Waals surface area contributed by atoms with Gasteiger partial charge in [-0.2, -0.15) is 0 Å². The molecule has 1 aromatic carbocycles. The van der Waals surface area contributed by atoms with Gasteiger partial charge in [-0.05, 0) is 18.6 Å². The Bertz CT molecular complexity index is 585. The number of carbonyl (C=O) groups excluding carboxylic acids is 2. The number of fused-ring (bicyclic) bond motifs is 3. The summed E-state index contributed by atoms with van der Waals surface area (Å²) in [5.41, 5.74) is 1.47. The summed E-state index contributed by atoms with van der Waals surface area (Å²) >= 11 is 0. The van der Waals surface area contributed by atoms with Crippen LogP contribution in [-0.2, 0) is 19.7 Å². The fraction of sp³-hybridized carbons (Fsp3) is 0.467. The molecule has 0 radical (unpaired) electrons. The summed E-state index contributed by atoms with van der Waals surface area (Å²) in [6.07, 6.45) is -0.432. The number of benzene rings is 1. The second kappa shape index (κ2) is 4.23. The number of amides is 1. The highest BCUT2D eigenvalue weighted by Crippen LogP contribution is 2.65. The van der Waals surface area contributed by atoms with E-state index in [1.165, 1.54) is 7.11 Å². The van der Waals surface area contributed by atoms with Gasteiger partial charge in [-0.25, -0.2) is 4.79 Å². The maximum Gasteiger partial charge on any atom is 0.414 e. The summed E-state index contributed by atoms with van der Waals surface area (Å²) in [6.45, 7) is 4.13. The van der Waals surface area contributed by atoms with Crippen LogP contribution in [0.15, 0.2) is 24.3 Å². The predicted octanol–water partition coefficient (Wildman–Crippen LogP) is 2.09. The van der Waals surface area contributed by atoms with E-state index in [4.69, 9.17) is 9.47 Å². The van der Waals surface area contributed by atoms with Crippen LogP contribution in [0.2, 0.25) is 0 Å². The molecular weight excluding hydrogens is 258 g/mol. The lowest BCUT2D eigenvalue weighted by molar-refractivity contribution is -0.145. The lowest BCUT2D eigenvalue weighted by Crippen LogP contribution is -2.34. The van der Waals surface area contributed by atoms with Crippen LogP contribution in [0, 0.1) is 5.92 Å². The number of nitrogens with zero attached hydrogens (tertiary/aromatic N) is 1. The van der Waals surface area contributed by atoms with Crippen molar-refractivity contribution < 1.29 is 19.1 Å². The van der Waals surface area contributed by atoms with Gasteiger partial charge in [0.1, 0.15) is 0 Å². The number of ether oxygens (including phenoxy) is 2. The molecule has 5 nitrogen and oxygen atoms in total. The average molecular weight is 275 g/mol. The van der Waals surface area contributed by atoms with E-state index in [9.17, 15) is 9.59 Å². The molecule has 0 N–H and O–H groups in total. The Morgan fingerprint density at radius 3 is 2.70 bits per heavy atom. The van der Waals surface area contributed by atoms with Crippen LogP contribution in [-0.4, -0.2) is 31.8 Å². The SMILES string of the molecule is CCOC(=O)[C@@H]1[C@@H]2N(C(=O)OC)c3ccccc3[C@]12C. The first kappa shape index (κ1) is 13.0. The van der Waals surface area contributed by atoms with Gasteiger partial charge >= 0.3 is 12.1 Å². The van der Waals surface area contributed by atoms with E-state index in [0.717, 1.165) is 11.3 Å². The first-order valence-corrected chi connectivity index (χ1v) is 6.70. The molecule has 2 aliphatic rings. The van der Waals surface area contributed by atoms with Gasteiger partial charge in [0.2, 0.25) is 0 Å². The van der Waals surface area contributed by atoms with Crippen molar-refractivity contribution in [3.63, 3.8) is 0 Å². The third-order valence-corrected chi connectivity index (χ3v) is 4.40. The van der Waals surface area contributed by atoms with Crippen molar-refractivity contribution in [2.24, 2.45) is 5.92 Å². The molecule has 0 aromatic heterocycles. The van der Waals surface area contributed by atoms with Gasteiger partial charge < -0.3 is 9.47 Å². The van der Waals surface area contributed by atoms with Gasteiger partial charge in [0.15, 0.2) is 0 Å². The van der Waals surface area contributed by atoms with Crippen molar-refractivity contribution in [3.05, 3.63) is 29.8 Å². The van der Waals surface area contributed by atoms with Crippen molar-refractivity contribution in [1.82, 2.24) is 0 Å². The molecule has 1 fully saturated rings. The number of anilines is 1. The third-order valence-electron chi connectivity index (χ3n) is 4.40. The van der Waals surface area contributed by atoms with Crippen LogP contribution in [0.3, 0.4) is 0 Å². The van der Waals surface area contributed by atoms with E-state index in [-0.39, 0.29) is 23.3 Å². The van der Waals surface area contributed by atoms with Crippen molar-refractivity contribution in [3.8, 4) is 0 Å². The lowest BCUT2D eigenvalue weighted by atomic mass is 9.95. The van der Waals surface area contributed by atoms with Crippen LogP contribution >= 0.6 is 0 Å². The maximum atomic E-state index is 12.1. The Kier molecular flexibility index (Phi) is 2.74. The summed E-state index contributed by atoms with van der Waals surface area (Å²) in [6, 6.07) is 7.44. The molecule has 1 heterocycles. The van der Waals surface area contributed by atoms with Crippen molar-refractivity contribution in [1.29, 1.82) is 0 Å². The molecule has 3 atom stereocenters. The Morgan fingerprint density at radius 2 is 2.05 bits per heavy atom. The number of para-hydroxylation sites is 1. The largest absolute Gasteiger partial charge is 0.466 e. The summed E-state index contributed by atoms with van der Waals surface area (Å²) in [7, 11) is 1.35. The Hall–Kier alpha value is -2.04. The fourth-order valence-corrected chi connectivity index (χ4v) is 3.44. The number of methoxy groups -OCH3 is 1. The van der Waals surface area contributed by atoms with Gasteiger partial charge in [-0.3, -0.25) is 9.69 Å². The number of carbonyl (C=O) groups is 2. The van der Waals surface area contributed by atoms with Crippen LogP contribution in [0.25, 0.3) is 0 Å². The van der Waals surface area contributed by atoms with Gasteiger partial charge in [0, 0.05) is 5.41 Å². The molecule has 1 amide bonds. The summed E-state index contributed by atoms with van der Waals surface area (Å²) < 4.78 is 9.98. The minimum atomic E-state index is -0.432. The van der Waals surface area contributed by atoms with Crippen LogP contribution in [0.5, 0.6) is 0 Å². The van der Waals surface area contributed by atoms with E-state index in [1.807, 2.05) is 31.2 Å². The molecular formula is C15H17NO4. The van der Waals surface area contributed by atoms with Crippen LogP contribution in [0.4, 0.5) is 10.5 Å². The fourth-order valence-electron chi connectivity index (χ4n) is 3.44. The zero-order valence-electron chi connectivity index (χ0n) is 11.8. The van der Waals surface area contributed by atoms with Crippen molar-refractivity contribution in [2.75, 3.05) is 18.6 Å². The number of rotatable bonds is 2. The van der Waals surface area contributed by atoms with Crippen LogP contribution in [0.1, 0.15) is 19.4 Å². The summed E-state index contributed by atoms with van der Waals surface area (Å²) in [4.78, 5) is 25.7. The topological polar surface area (TPSA) is 55.8 Å². The summed E-state index contributed by atoms with van der Waals surface area (Å²) in [5.74, 6) is -0.556. The quantitative estimate of drug-likeness (QED) is 0.776. The predicted molar refractivity (Wildman–Crippen MR) is 72.6 cm³/mol. The normalized spacial score (nSPS) is 29.4. The van der Waals surface area contributed by atoms with Crippen molar-refractivity contribution in [2.45, 2.75) is 25.3 Å². The second-order valence-corrected chi connectivity index (χ2v) is 5.31. The molecule has 5 heteroatoms. The zero-order chi connectivity index (χ0) is 14.5. The second-order valence-electron chi connectivity index (χ2n) is 5.31. The van der Waals surface area contributed by atoms with Gasteiger partial charge in [0.25, 0.3) is 0 Å².